The molecule has 3 heteroatoms. The fourth-order valence-electron chi connectivity index (χ4n) is 3.20. The van der Waals surface area contributed by atoms with Crippen molar-refractivity contribution in [1.82, 2.24) is 0 Å². The Hall–Kier alpha value is -2.58. The average molecular weight is 391 g/mol. The second-order valence-electron chi connectivity index (χ2n) is 7.53. The number of benzene rings is 3. The van der Waals surface area contributed by atoms with Crippen LogP contribution < -0.4 is 5.32 Å². The first-order valence-electron chi connectivity index (χ1n) is 9.75. The van der Waals surface area contributed by atoms with Crippen LogP contribution in [0.2, 0.25) is 5.02 Å². The molecule has 0 fully saturated rings. The maximum atomic E-state index is 6.40. The van der Waals surface area contributed by atoms with Crippen molar-refractivity contribution in [1.29, 1.82) is 0 Å². The summed E-state index contributed by atoms with van der Waals surface area (Å²) in [5, 5.41) is 4.14. The molecule has 0 spiro atoms. The lowest BCUT2D eigenvalue weighted by molar-refractivity contribution is 0.834. The van der Waals surface area contributed by atoms with Gasteiger partial charge in [0.05, 0.1) is 16.4 Å². The number of para-hydroxylation sites is 2. The van der Waals surface area contributed by atoms with E-state index in [1.807, 2.05) is 42.5 Å². The molecule has 3 aromatic carbocycles. The van der Waals surface area contributed by atoms with Crippen molar-refractivity contribution in [2.75, 3.05) is 5.32 Å². The number of nitrogens with zero attached hydrogens (tertiary/aromatic N) is 1. The third-order valence-corrected chi connectivity index (χ3v) is 5.07. The highest BCUT2D eigenvalue weighted by molar-refractivity contribution is 6.34. The molecule has 0 amide bonds. The van der Waals surface area contributed by atoms with E-state index in [-0.39, 0.29) is 0 Å². The van der Waals surface area contributed by atoms with Crippen LogP contribution in [0.25, 0.3) is 0 Å². The summed E-state index contributed by atoms with van der Waals surface area (Å²) in [7, 11) is 0. The van der Waals surface area contributed by atoms with Gasteiger partial charge in [-0.1, -0.05) is 100.0 Å². The van der Waals surface area contributed by atoms with E-state index < -0.39 is 0 Å². The van der Waals surface area contributed by atoms with Crippen molar-refractivity contribution in [3.8, 4) is 0 Å². The Balaban J connectivity index is 2.19. The SMILES string of the molecule is CC(C)c1cccc(C(C)C)c1N=C(Nc1ccccc1Cl)c1ccccc1. The molecule has 2 nitrogen and oxygen atoms in total. The molecule has 1 N–H and O–H groups in total. The molecule has 28 heavy (non-hydrogen) atoms. The third-order valence-electron chi connectivity index (χ3n) is 4.74. The Bertz CT molecular complexity index is 933. The van der Waals surface area contributed by atoms with Crippen molar-refractivity contribution < 1.29 is 0 Å². The molecular weight excluding hydrogens is 364 g/mol. The average Bonchev–Trinajstić information content (AvgIpc) is 2.69. The molecule has 0 aromatic heterocycles. The van der Waals surface area contributed by atoms with Crippen LogP contribution in [0.15, 0.2) is 77.8 Å². The van der Waals surface area contributed by atoms with Crippen LogP contribution in [0.4, 0.5) is 11.4 Å². The van der Waals surface area contributed by atoms with Crippen LogP contribution in [-0.2, 0) is 0 Å². The lowest BCUT2D eigenvalue weighted by atomic mass is 9.93. The normalized spacial score (nSPS) is 11.9. The number of nitrogens with one attached hydrogen (secondary N) is 1. The number of halogens is 1. The largest absolute Gasteiger partial charge is 0.338 e. The van der Waals surface area contributed by atoms with E-state index in [0.29, 0.717) is 16.9 Å². The van der Waals surface area contributed by atoms with Gasteiger partial charge < -0.3 is 5.32 Å². The molecule has 0 saturated heterocycles. The lowest BCUT2D eigenvalue weighted by Gasteiger charge is -2.19. The van der Waals surface area contributed by atoms with E-state index in [9.17, 15) is 0 Å². The molecule has 0 aliphatic heterocycles. The highest BCUT2D eigenvalue weighted by atomic mass is 35.5. The highest BCUT2D eigenvalue weighted by Crippen LogP contribution is 2.35. The van der Waals surface area contributed by atoms with E-state index >= 15 is 0 Å². The Morgan fingerprint density at radius 2 is 1.32 bits per heavy atom. The van der Waals surface area contributed by atoms with Gasteiger partial charge in [-0.05, 0) is 35.1 Å². The molecule has 3 rings (SSSR count). The molecule has 3 aromatic rings. The molecule has 0 heterocycles. The Kier molecular flexibility index (Phi) is 6.53. The topological polar surface area (TPSA) is 24.4 Å². The fourth-order valence-corrected chi connectivity index (χ4v) is 3.39. The van der Waals surface area contributed by atoms with Gasteiger partial charge in [-0.3, -0.25) is 0 Å². The number of hydrogen-bond donors (Lipinski definition) is 1. The molecule has 0 radical (unpaired) electrons. The van der Waals surface area contributed by atoms with Crippen LogP contribution in [0.3, 0.4) is 0 Å². The zero-order valence-electron chi connectivity index (χ0n) is 16.9. The van der Waals surface area contributed by atoms with Crippen LogP contribution in [-0.4, -0.2) is 5.84 Å². The van der Waals surface area contributed by atoms with Gasteiger partial charge >= 0.3 is 0 Å². The summed E-state index contributed by atoms with van der Waals surface area (Å²) in [6.07, 6.45) is 0. The van der Waals surface area contributed by atoms with Crippen molar-refractivity contribution in [3.05, 3.63) is 94.5 Å². The zero-order valence-corrected chi connectivity index (χ0v) is 17.7. The predicted octanol–water partition coefficient (Wildman–Crippen LogP) is 7.78. The molecule has 0 aliphatic rings. The molecule has 0 bridgehead atoms. The van der Waals surface area contributed by atoms with Gasteiger partial charge in [-0.2, -0.15) is 0 Å². The monoisotopic (exact) mass is 390 g/mol. The highest BCUT2D eigenvalue weighted by Gasteiger charge is 2.15. The second kappa shape index (κ2) is 9.07. The van der Waals surface area contributed by atoms with E-state index in [2.05, 4.69) is 63.3 Å². The van der Waals surface area contributed by atoms with Crippen molar-refractivity contribution >= 4 is 28.8 Å². The molecule has 0 saturated carbocycles. The first kappa shape index (κ1) is 20.2. The number of rotatable bonds is 5. The van der Waals surface area contributed by atoms with E-state index in [1.54, 1.807) is 0 Å². The van der Waals surface area contributed by atoms with Crippen LogP contribution in [0, 0.1) is 0 Å². The van der Waals surface area contributed by atoms with Gasteiger partial charge in [0.15, 0.2) is 0 Å². The number of anilines is 1. The first-order chi connectivity index (χ1) is 13.5. The number of hydrogen-bond acceptors (Lipinski definition) is 1. The van der Waals surface area contributed by atoms with E-state index in [1.165, 1.54) is 11.1 Å². The van der Waals surface area contributed by atoms with Crippen molar-refractivity contribution in [3.63, 3.8) is 0 Å². The molecule has 0 atom stereocenters. The summed E-state index contributed by atoms with van der Waals surface area (Å²) in [6.45, 7) is 8.84. The number of aliphatic imine (C=N–C) groups is 1. The summed E-state index contributed by atoms with van der Waals surface area (Å²) in [6, 6.07) is 24.4. The van der Waals surface area contributed by atoms with Crippen LogP contribution >= 0.6 is 11.6 Å². The summed E-state index contributed by atoms with van der Waals surface area (Å²) in [5.41, 5.74) is 5.42. The van der Waals surface area contributed by atoms with Gasteiger partial charge in [-0.25, -0.2) is 4.99 Å². The van der Waals surface area contributed by atoms with Gasteiger partial charge in [0.2, 0.25) is 0 Å². The van der Waals surface area contributed by atoms with Crippen LogP contribution in [0.5, 0.6) is 0 Å². The summed E-state index contributed by atoms with van der Waals surface area (Å²) >= 11 is 6.40. The maximum absolute atomic E-state index is 6.40. The Labute approximate surface area is 173 Å². The predicted molar refractivity (Wildman–Crippen MR) is 122 cm³/mol. The van der Waals surface area contributed by atoms with Gasteiger partial charge in [-0.15, -0.1) is 0 Å². The standard InChI is InChI=1S/C25H27ClN2/c1-17(2)20-13-10-14-21(18(3)4)24(20)28-25(19-11-6-5-7-12-19)27-23-16-9-8-15-22(23)26/h5-18H,1-4H3,(H,27,28). The summed E-state index contributed by atoms with van der Waals surface area (Å²) in [4.78, 5) is 5.15. The fraction of sp³-hybridized carbons (Fsp3) is 0.240. The molecular formula is C25H27ClN2. The van der Waals surface area contributed by atoms with Gasteiger partial charge in [0.1, 0.15) is 5.84 Å². The first-order valence-corrected chi connectivity index (χ1v) is 10.1. The van der Waals surface area contributed by atoms with E-state index in [0.717, 1.165) is 22.8 Å². The van der Waals surface area contributed by atoms with E-state index in [4.69, 9.17) is 16.6 Å². The lowest BCUT2D eigenvalue weighted by Crippen LogP contribution is -2.14. The zero-order chi connectivity index (χ0) is 20.1. The summed E-state index contributed by atoms with van der Waals surface area (Å²) < 4.78 is 0. The van der Waals surface area contributed by atoms with Crippen molar-refractivity contribution in [2.24, 2.45) is 4.99 Å². The molecule has 0 unspecified atom stereocenters. The number of amidine groups is 1. The Morgan fingerprint density at radius 3 is 1.89 bits per heavy atom. The second-order valence-corrected chi connectivity index (χ2v) is 7.93. The van der Waals surface area contributed by atoms with Crippen molar-refractivity contribution in [2.45, 2.75) is 39.5 Å². The smallest absolute Gasteiger partial charge is 0.138 e. The van der Waals surface area contributed by atoms with Gasteiger partial charge in [0.25, 0.3) is 0 Å². The van der Waals surface area contributed by atoms with Gasteiger partial charge in [0, 0.05) is 5.56 Å². The minimum absolute atomic E-state index is 0.384. The third kappa shape index (κ3) is 4.63. The molecule has 0 aliphatic carbocycles. The van der Waals surface area contributed by atoms with Crippen LogP contribution in [0.1, 0.15) is 56.2 Å². The summed E-state index contributed by atoms with van der Waals surface area (Å²) in [5.74, 6) is 1.56. The molecule has 144 valence electrons. The minimum atomic E-state index is 0.384. The Morgan fingerprint density at radius 1 is 0.750 bits per heavy atom. The maximum Gasteiger partial charge on any atom is 0.138 e. The quantitative estimate of drug-likeness (QED) is 0.349. The minimum Gasteiger partial charge on any atom is -0.338 e.